The van der Waals surface area contributed by atoms with Crippen LogP contribution in [0.2, 0.25) is 0 Å². The first-order valence-electron chi connectivity index (χ1n) is 6.12. The summed E-state index contributed by atoms with van der Waals surface area (Å²) in [5.74, 6) is -0.585. The van der Waals surface area contributed by atoms with Gasteiger partial charge in [-0.15, -0.1) is 0 Å². The maximum Gasteiger partial charge on any atom is 0.322 e. The molecule has 0 fully saturated rings. The maximum atomic E-state index is 11.7. The Balaban J connectivity index is 2.47. The van der Waals surface area contributed by atoms with Gasteiger partial charge < -0.3 is 10.1 Å². The van der Waals surface area contributed by atoms with E-state index in [0.717, 1.165) is 11.3 Å². The standard InChI is InChI=1S/C14H20N2O3/c1-9-5-6-12(7-10(9)2)16-13(17)8-15-11(3)14(18)19-4/h5-7,11,15H,8H2,1-4H3,(H,16,17). The lowest BCUT2D eigenvalue weighted by atomic mass is 10.1. The summed E-state index contributed by atoms with van der Waals surface area (Å²) in [4.78, 5) is 22.8. The molecule has 0 saturated heterocycles. The summed E-state index contributed by atoms with van der Waals surface area (Å²) < 4.78 is 4.56. The predicted molar refractivity (Wildman–Crippen MR) is 74.0 cm³/mol. The molecule has 0 bridgehead atoms. The van der Waals surface area contributed by atoms with Crippen molar-refractivity contribution < 1.29 is 14.3 Å². The van der Waals surface area contributed by atoms with E-state index < -0.39 is 6.04 Å². The van der Waals surface area contributed by atoms with Crippen LogP contribution in [0.5, 0.6) is 0 Å². The molecule has 5 heteroatoms. The summed E-state index contributed by atoms with van der Waals surface area (Å²) in [6, 6.07) is 5.21. The second-order valence-electron chi connectivity index (χ2n) is 4.47. The van der Waals surface area contributed by atoms with E-state index in [1.807, 2.05) is 32.0 Å². The zero-order valence-electron chi connectivity index (χ0n) is 11.7. The molecular weight excluding hydrogens is 244 g/mol. The van der Waals surface area contributed by atoms with Crippen molar-refractivity contribution in [3.8, 4) is 0 Å². The van der Waals surface area contributed by atoms with Gasteiger partial charge in [0.2, 0.25) is 5.91 Å². The van der Waals surface area contributed by atoms with Crippen LogP contribution in [-0.4, -0.2) is 31.6 Å². The van der Waals surface area contributed by atoms with Gasteiger partial charge in [-0.3, -0.25) is 14.9 Å². The number of hydrogen-bond donors (Lipinski definition) is 2. The number of carbonyl (C=O) groups excluding carboxylic acids is 2. The van der Waals surface area contributed by atoms with Crippen LogP contribution in [-0.2, 0) is 14.3 Å². The van der Waals surface area contributed by atoms with Crippen LogP contribution in [0.15, 0.2) is 18.2 Å². The fraction of sp³-hybridized carbons (Fsp3) is 0.429. The minimum atomic E-state index is -0.504. The summed E-state index contributed by atoms with van der Waals surface area (Å²) >= 11 is 0. The van der Waals surface area contributed by atoms with Crippen molar-refractivity contribution in [2.75, 3.05) is 19.0 Å². The molecule has 0 heterocycles. The number of benzene rings is 1. The smallest absolute Gasteiger partial charge is 0.322 e. The number of amides is 1. The minimum Gasteiger partial charge on any atom is -0.468 e. The Bertz CT molecular complexity index is 472. The van der Waals surface area contributed by atoms with Gasteiger partial charge in [0.25, 0.3) is 0 Å². The Kier molecular flexibility index (Phi) is 5.51. The van der Waals surface area contributed by atoms with Crippen molar-refractivity contribution in [2.45, 2.75) is 26.8 Å². The lowest BCUT2D eigenvalue weighted by molar-refractivity contribution is -0.142. The number of ether oxygens (including phenoxy) is 1. The number of esters is 1. The Morgan fingerprint density at radius 3 is 2.53 bits per heavy atom. The third kappa shape index (κ3) is 4.71. The molecule has 104 valence electrons. The van der Waals surface area contributed by atoms with Gasteiger partial charge in [0.1, 0.15) is 6.04 Å². The van der Waals surface area contributed by atoms with E-state index in [-0.39, 0.29) is 18.4 Å². The quantitative estimate of drug-likeness (QED) is 0.789. The highest BCUT2D eigenvalue weighted by Gasteiger charge is 2.13. The van der Waals surface area contributed by atoms with Crippen molar-refractivity contribution in [3.63, 3.8) is 0 Å². The fourth-order valence-corrected chi connectivity index (χ4v) is 1.53. The molecule has 2 N–H and O–H groups in total. The Hall–Kier alpha value is -1.88. The Morgan fingerprint density at radius 1 is 1.26 bits per heavy atom. The van der Waals surface area contributed by atoms with E-state index in [0.29, 0.717) is 0 Å². The van der Waals surface area contributed by atoms with E-state index in [9.17, 15) is 9.59 Å². The van der Waals surface area contributed by atoms with Crippen LogP contribution >= 0.6 is 0 Å². The van der Waals surface area contributed by atoms with Gasteiger partial charge >= 0.3 is 5.97 Å². The third-order valence-corrected chi connectivity index (χ3v) is 2.91. The molecule has 0 aliphatic heterocycles. The van der Waals surface area contributed by atoms with E-state index in [2.05, 4.69) is 15.4 Å². The van der Waals surface area contributed by atoms with Gasteiger partial charge in [0.05, 0.1) is 13.7 Å². The molecule has 19 heavy (non-hydrogen) atoms. The molecule has 0 saturated carbocycles. The molecule has 5 nitrogen and oxygen atoms in total. The first-order chi connectivity index (χ1) is 8.93. The highest BCUT2D eigenvalue weighted by atomic mass is 16.5. The molecule has 0 aromatic heterocycles. The molecule has 0 spiro atoms. The molecule has 1 amide bonds. The monoisotopic (exact) mass is 264 g/mol. The molecule has 1 rings (SSSR count). The third-order valence-electron chi connectivity index (χ3n) is 2.91. The molecule has 0 aliphatic carbocycles. The molecule has 0 aliphatic rings. The summed E-state index contributed by atoms with van der Waals surface area (Å²) in [5.41, 5.74) is 3.05. The van der Waals surface area contributed by atoms with Crippen LogP contribution in [0, 0.1) is 13.8 Å². The van der Waals surface area contributed by atoms with Crippen molar-refractivity contribution in [1.82, 2.24) is 5.32 Å². The molecule has 0 radical (unpaired) electrons. The number of carbonyl (C=O) groups is 2. The van der Waals surface area contributed by atoms with Crippen molar-refractivity contribution >= 4 is 17.6 Å². The lowest BCUT2D eigenvalue weighted by Crippen LogP contribution is -2.39. The summed E-state index contributed by atoms with van der Waals surface area (Å²) in [7, 11) is 1.32. The number of anilines is 1. The summed E-state index contributed by atoms with van der Waals surface area (Å²) in [5, 5.41) is 5.56. The molecular formula is C14H20N2O3. The van der Waals surface area contributed by atoms with Gasteiger partial charge in [-0.1, -0.05) is 6.07 Å². The predicted octanol–water partition coefficient (Wildman–Crippen LogP) is 1.39. The average molecular weight is 264 g/mol. The van der Waals surface area contributed by atoms with E-state index in [1.165, 1.54) is 12.7 Å². The van der Waals surface area contributed by atoms with E-state index in [1.54, 1.807) is 6.92 Å². The van der Waals surface area contributed by atoms with Crippen LogP contribution in [0.3, 0.4) is 0 Å². The van der Waals surface area contributed by atoms with Crippen molar-refractivity contribution in [2.24, 2.45) is 0 Å². The van der Waals surface area contributed by atoms with Gasteiger partial charge in [-0.2, -0.15) is 0 Å². The SMILES string of the molecule is COC(=O)C(C)NCC(=O)Nc1ccc(C)c(C)c1. The minimum absolute atomic E-state index is 0.0587. The largest absolute Gasteiger partial charge is 0.468 e. The Morgan fingerprint density at radius 2 is 1.95 bits per heavy atom. The first kappa shape index (κ1) is 15.2. The van der Waals surface area contributed by atoms with Gasteiger partial charge in [0, 0.05) is 5.69 Å². The normalized spacial score (nSPS) is 11.8. The number of rotatable bonds is 5. The summed E-state index contributed by atoms with van der Waals surface area (Å²) in [6.07, 6.45) is 0. The van der Waals surface area contributed by atoms with Crippen molar-refractivity contribution in [3.05, 3.63) is 29.3 Å². The van der Waals surface area contributed by atoms with Crippen LogP contribution in [0.1, 0.15) is 18.1 Å². The molecule has 1 unspecified atom stereocenters. The number of hydrogen-bond acceptors (Lipinski definition) is 4. The summed E-state index contributed by atoms with van der Waals surface area (Å²) in [6.45, 7) is 5.71. The first-order valence-corrected chi connectivity index (χ1v) is 6.12. The highest BCUT2D eigenvalue weighted by molar-refractivity contribution is 5.92. The maximum absolute atomic E-state index is 11.7. The van der Waals surface area contributed by atoms with E-state index in [4.69, 9.17) is 0 Å². The van der Waals surface area contributed by atoms with Crippen LogP contribution in [0.4, 0.5) is 5.69 Å². The molecule has 1 aromatic rings. The van der Waals surface area contributed by atoms with Crippen molar-refractivity contribution in [1.29, 1.82) is 0 Å². The topological polar surface area (TPSA) is 67.4 Å². The zero-order valence-corrected chi connectivity index (χ0v) is 11.7. The van der Waals surface area contributed by atoms with Crippen LogP contribution < -0.4 is 10.6 Å². The van der Waals surface area contributed by atoms with E-state index >= 15 is 0 Å². The van der Waals surface area contributed by atoms with Gasteiger partial charge in [-0.05, 0) is 44.0 Å². The second-order valence-corrected chi connectivity index (χ2v) is 4.47. The lowest BCUT2D eigenvalue weighted by Gasteiger charge is -2.12. The number of methoxy groups -OCH3 is 1. The number of nitrogens with one attached hydrogen (secondary N) is 2. The van der Waals surface area contributed by atoms with Gasteiger partial charge in [0.15, 0.2) is 0 Å². The zero-order chi connectivity index (χ0) is 14.4. The fourth-order valence-electron chi connectivity index (χ4n) is 1.53. The molecule has 1 atom stereocenters. The van der Waals surface area contributed by atoms with Crippen LogP contribution in [0.25, 0.3) is 0 Å². The average Bonchev–Trinajstić information content (AvgIpc) is 2.39. The second kappa shape index (κ2) is 6.89. The Labute approximate surface area is 113 Å². The van der Waals surface area contributed by atoms with Gasteiger partial charge in [-0.25, -0.2) is 0 Å². The molecule has 1 aromatic carbocycles. The highest BCUT2D eigenvalue weighted by Crippen LogP contribution is 2.13. The number of aryl methyl sites for hydroxylation is 2.